The maximum absolute atomic E-state index is 12.5. The van der Waals surface area contributed by atoms with Crippen LogP contribution < -0.4 is 10.2 Å². The monoisotopic (exact) mass is 372 g/mol. The smallest absolute Gasteiger partial charge is 0.229 e. The van der Waals surface area contributed by atoms with E-state index in [1.54, 1.807) is 4.90 Å². The summed E-state index contributed by atoms with van der Waals surface area (Å²) in [6.45, 7) is 2.40. The van der Waals surface area contributed by atoms with Gasteiger partial charge in [0.15, 0.2) is 0 Å². The van der Waals surface area contributed by atoms with Gasteiger partial charge in [-0.15, -0.1) is 0 Å². The van der Waals surface area contributed by atoms with E-state index in [1.807, 2.05) is 55.5 Å². The molecule has 0 aliphatic carbocycles. The Morgan fingerprint density at radius 1 is 1.22 bits per heavy atom. The third kappa shape index (κ3) is 3.45. The van der Waals surface area contributed by atoms with Crippen molar-refractivity contribution in [1.82, 2.24) is 0 Å². The lowest BCUT2D eigenvalue weighted by Crippen LogP contribution is -2.28. The summed E-state index contributed by atoms with van der Waals surface area (Å²) in [5, 5.41) is 2.91. The zero-order chi connectivity index (χ0) is 16.4. The van der Waals surface area contributed by atoms with Gasteiger partial charge in [0.1, 0.15) is 0 Å². The minimum atomic E-state index is -0.337. The number of carbonyl (C=O) groups is 2. The van der Waals surface area contributed by atoms with E-state index in [0.717, 1.165) is 21.4 Å². The summed E-state index contributed by atoms with van der Waals surface area (Å²) in [6, 6.07) is 15.2. The van der Waals surface area contributed by atoms with Gasteiger partial charge in [-0.3, -0.25) is 9.59 Å². The van der Waals surface area contributed by atoms with Crippen LogP contribution in [-0.2, 0) is 9.59 Å². The number of para-hydroxylation sites is 1. The first kappa shape index (κ1) is 15.7. The Morgan fingerprint density at radius 2 is 1.96 bits per heavy atom. The first-order valence-electron chi connectivity index (χ1n) is 7.47. The topological polar surface area (TPSA) is 49.4 Å². The Bertz CT molecular complexity index is 746. The summed E-state index contributed by atoms with van der Waals surface area (Å²) in [4.78, 5) is 26.3. The zero-order valence-corrected chi connectivity index (χ0v) is 14.3. The summed E-state index contributed by atoms with van der Waals surface area (Å²) >= 11 is 3.45. The molecule has 1 saturated heterocycles. The number of rotatable bonds is 3. The highest BCUT2D eigenvalue weighted by molar-refractivity contribution is 9.10. The maximum atomic E-state index is 12.5. The lowest BCUT2D eigenvalue weighted by Gasteiger charge is -2.16. The molecule has 5 heteroatoms. The minimum Gasteiger partial charge on any atom is -0.325 e. The molecule has 0 saturated carbocycles. The fourth-order valence-electron chi connectivity index (χ4n) is 2.70. The lowest BCUT2D eigenvalue weighted by molar-refractivity contribution is -0.122. The summed E-state index contributed by atoms with van der Waals surface area (Å²) in [7, 11) is 0. The second kappa shape index (κ2) is 6.54. The molecule has 3 rings (SSSR count). The molecule has 1 fully saturated rings. The summed E-state index contributed by atoms with van der Waals surface area (Å²) in [5.74, 6) is -0.475. The molecule has 1 N–H and O–H groups in total. The van der Waals surface area contributed by atoms with E-state index in [9.17, 15) is 9.59 Å². The van der Waals surface area contributed by atoms with E-state index in [1.165, 1.54) is 0 Å². The largest absolute Gasteiger partial charge is 0.325 e. The third-order valence-corrected chi connectivity index (χ3v) is 4.60. The average Bonchev–Trinajstić information content (AvgIpc) is 2.93. The van der Waals surface area contributed by atoms with E-state index in [-0.39, 0.29) is 24.2 Å². The second-order valence-electron chi connectivity index (χ2n) is 5.71. The number of benzene rings is 2. The Morgan fingerprint density at radius 3 is 2.65 bits per heavy atom. The van der Waals surface area contributed by atoms with Crippen LogP contribution in [0.15, 0.2) is 53.0 Å². The molecule has 23 heavy (non-hydrogen) atoms. The van der Waals surface area contributed by atoms with Gasteiger partial charge in [0.25, 0.3) is 0 Å². The molecule has 1 aliphatic rings. The fourth-order valence-corrected chi connectivity index (χ4v) is 3.29. The van der Waals surface area contributed by atoms with Gasteiger partial charge in [0, 0.05) is 23.1 Å². The summed E-state index contributed by atoms with van der Waals surface area (Å²) < 4.78 is 0.843. The van der Waals surface area contributed by atoms with Gasteiger partial charge in [0.05, 0.1) is 11.6 Å². The fraction of sp³-hybridized carbons (Fsp3) is 0.222. The molecule has 118 valence electrons. The van der Waals surface area contributed by atoms with E-state index < -0.39 is 0 Å². The Balaban J connectivity index is 1.71. The minimum absolute atomic E-state index is 0.0145. The summed E-state index contributed by atoms with van der Waals surface area (Å²) in [6.07, 6.45) is 0.240. The molecule has 0 spiro atoms. The number of hydrogen-bond acceptors (Lipinski definition) is 2. The van der Waals surface area contributed by atoms with Gasteiger partial charge in [-0.05, 0) is 52.7 Å². The second-order valence-corrected chi connectivity index (χ2v) is 6.57. The molecule has 0 aromatic heterocycles. The van der Waals surface area contributed by atoms with E-state index >= 15 is 0 Å². The SMILES string of the molecule is Cc1ccc(NC(=O)[C@@H]2CC(=O)N(c3ccccc3)C2)c(Br)c1. The molecule has 2 aromatic carbocycles. The molecule has 0 radical (unpaired) electrons. The van der Waals surface area contributed by atoms with Crippen LogP contribution in [0.3, 0.4) is 0 Å². The van der Waals surface area contributed by atoms with Crippen LogP contribution in [0.1, 0.15) is 12.0 Å². The van der Waals surface area contributed by atoms with E-state index in [2.05, 4.69) is 21.2 Å². The first-order chi connectivity index (χ1) is 11.0. The molecule has 0 bridgehead atoms. The molecule has 4 nitrogen and oxygen atoms in total. The van der Waals surface area contributed by atoms with Crippen LogP contribution in [0.5, 0.6) is 0 Å². The van der Waals surface area contributed by atoms with Crippen molar-refractivity contribution in [2.24, 2.45) is 5.92 Å². The molecular formula is C18H17BrN2O2. The molecule has 0 unspecified atom stereocenters. The zero-order valence-electron chi connectivity index (χ0n) is 12.8. The predicted octanol–water partition coefficient (Wildman–Crippen LogP) is 3.75. The Labute approximate surface area is 143 Å². The Hall–Kier alpha value is -2.14. The molecule has 1 aliphatic heterocycles. The molecule has 1 atom stereocenters. The number of nitrogens with zero attached hydrogens (tertiary/aromatic N) is 1. The standard InChI is InChI=1S/C18H17BrN2O2/c1-12-7-8-16(15(19)9-12)20-18(23)13-10-17(22)21(11-13)14-5-3-2-4-6-14/h2-9,13H,10-11H2,1H3,(H,20,23)/t13-/m1/s1. The van der Waals surface area contributed by atoms with Crippen molar-refractivity contribution in [2.75, 3.05) is 16.8 Å². The maximum Gasteiger partial charge on any atom is 0.229 e. The van der Waals surface area contributed by atoms with Crippen LogP contribution >= 0.6 is 15.9 Å². The number of halogens is 1. The van der Waals surface area contributed by atoms with Crippen LogP contribution in [0.2, 0.25) is 0 Å². The first-order valence-corrected chi connectivity index (χ1v) is 8.26. The van der Waals surface area contributed by atoms with Gasteiger partial charge in [-0.25, -0.2) is 0 Å². The van der Waals surface area contributed by atoms with Crippen molar-refractivity contribution < 1.29 is 9.59 Å². The number of anilines is 2. The van der Waals surface area contributed by atoms with Gasteiger partial charge in [-0.2, -0.15) is 0 Å². The number of amides is 2. The number of aryl methyl sites for hydroxylation is 1. The third-order valence-electron chi connectivity index (χ3n) is 3.95. The molecular weight excluding hydrogens is 356 g/mol. The molecule has 2 amide bonds. The van der Waals surface area contributed by atoms with Gasteiger partial charge in [-0.1, -0.05) is 24.3 Å². The van der Waals surface area contributed by atoms with Crippen LogP contribution in [0.4, 0.5) is 11.4 Å². The quantitative estimate of drug-likeness (QED) is 0.891. The predicted molar refractivity (Wildman–Crippen MR) is 94.4 cm³/mol. The van der Waals surface area contributed by atoms with Crippen molar-refractivity contribution in [3.8, 4) is 0 Å². The highest BCUT2D eigenvalue weighted by atomic mass is 79.9. The van der Waals surface area contributed by atoms with E-state index in [4.69, 9.17) is 0 Å². The molecule has 2 aromatic rings. The summed E-state index contributed by atoms with van der Waals surface area (Å²) in [5.41, 5.74) is 2.68. The number of carbonyl (C=O) groups excluding carboxylic acids is 2. The molecule has 1 heterocycles. The van der Waals surface area contributed by atoms with Gasteiger partial charge in [0.2, 0.25) is 11.8 Å². The highest BCUT2D eigenvalue weighted by Gasteiger charge is 2.35. The van der Waals surface area contributed by atoms with Crippen molar-refractivity contribution in [2.45, 2.75) is 13.3 Å². The van der Waals surface area contributed by atoms with Crippen molar-refractivity contribution in [1.29, 1.82) is 0 Å². The van der Waals surface area contributed by atoms with Gasteiger partial charge >= 0.3 is 0 Å². The van der Waals surface area contributed by atoms with Crippen molar-refractivity contribution >= 4 is 39.1 Å². The highest BCUT2D eigenvalue weighted by Crippen LogP contribution is 2.28. The average molecular weight is 373 g/mol. The Kier molecular flexibility index (Phi) is 4.48. The normalized spacial score (nSPS) is 17.4. The van der Waals surface area contributed by atoms with E-state index in [0.29, 0.717) is 6.54 Å². The van der Waals surface area contributed by atoms with Crippen molar-refractivity contribution in [3.63, 3.8) is 0 Å². The van der Waals surface area contributed by atoms with Crippen molar-refractivity contribution in [3.05, 3.63) is 58.6 Å². The lowest BCUT2D eigenvalue weighted by atomic mass is 10.1. The van der Waals surface area contributed by atoms with Crippen LogP contribution in [-0.4, -0.2) is 18.4 Å². The number of nitrogens with one attached hydrogen (secondary N) is 1. The van der Waals surface area contributed by atoms with Crippen LogP contribution in [0, 0.1) is 12.8 Å². The number of hydrogen-bond donors (Lipinski definition) is 1. The van der Waals surface area contributed by atoms with Gasteiger partial charge < -0.3 is 10.2 Å². The van der Waals surface area contributed by atoms with Crippen LogP contribution in [0.25, 0.3) is 0 Å².